The number of aromatic nitrogens is 3. The van der Waals surface area contributed by atoms with Crippen LogP contribution in [0.2, 0.25) is 5.02 Å². The number of nitrogens with zero attached hydrogens (tertiary/aromatic N) is 3. The molecule has 1 aliphatic rings. The van der Waals surface area contributed by atoms with Gasteiger partial charge in [-0.15, -0.1) is 0 Å². The Balaban J connectivity index is 1.77. The first kappa shape index (κ1) is 12.9. The summed E-state index contributed by atoms with van der Waals surface area (Å²) < 4.78 is 12.8. The van der Waals surface area contributed by atoms with Gasteiger partial charge in [-0.1, -0.05) is 22.8 Å². The van der Waals surface area contributed by atoms with Crippen molar-refractivity contribution in [1.29, 1.82) is 0 Å². The van der Waals surface area contributed by atoms with Crippen LogP contribution in [0.3, 0.4) is 0 Å². The Morgan fingerprint density at radius 3 is 3.05 bits per heavy atom. The third-order valence-corrected chi connectivity index (χ3v) is 4.20. The Hall–Kier alpha value is -1.85. The number of aryl methyl sites for hydroxylation is 1. The van der Waals surface area contributed by atoms with Crippen molar-refractivity contribution in [1.82, 2.24) is 14.7 Å². The molecule has 0 bridgehead atoms. The van der Waals surface area contributed by atoms with Crippen molar-refractivity contribution in [3.63, 3.8) is 0 Å². The molecule has 0 saturated carbocycles. The standard InChI is InChI=1S/C15H14ClN3O2/c1-19-12-7-11(16)3-2-9(12)6-13(19)15-17-14(18-21-15)10-4-5-20-8-10/h2-3,6-7,10H,4-5,8H2,1H3/t10-/m1/s1. The van der Waals surface area contributed by atoms with Gasteiger partial charge in [0.05, 0.1) is 6.61 Å². The summed E-state index contributed by atoms with van der Waals surface area (Å²) in [5.41, 5.74) is 1.94. The number of halogens is 1. The normalized spacial score (nSPS) is 18.7. The lowest BCUT2D eigenvalue weighted by Crippen LogP contribution is -2.00. The molecule has 0 spiro atoms. The Labute approximate surface area is 126 Å². The number of hydrogen-bond acceptors (Lipinski definition) is 4. The molecule has 0 aliphatic carbocycles. The van der Waals surface area contributed by atoms with Crippen LogP contribution in [0.1, 0.15) is 18.2 Å². The van der Waals surface area contributed by atoms with Gasteiger partial charge < -0.3 is 13.8 Å². The predicted octanol–water partition coefficient (Wildman–Crippen LogP) is 3.39. The minimum atomic E-state index is 0.242. The Morgan fingerprint density at radius 2 is 2.24 bits per heavy atom. The van der Waals surface area contributed by atoms with Crippen LogP contribution in [0.5, 0.6) is 0 Å². The molecular formula is C15H14ClN3O2. The SMILES string of the molecule is Cn1c(-c2nc([C@@H]3CCOC3)no2)cc2ccc(Cl)cc21. The smallest absolute Gasteiger partial charge is 0.274 e. The van der Waals surface area contributed by atoms with E-state index in [4.69, 9.17) is 20.9 Å². The molecule has 5 nitrogen and oxygen atoms in total. The Kier molecular flexibility index (Phi) is 2.97. The van der Waals surface area contributed by atoms with Crippen LogP contribution >= 0.6 is 11.6 Å². The van der Waals surface area contributed by atoms with Crippen molar-refractivity contribution in [3.8, 4) is 11.6 Å². The van der Waals surface area contributed by atoms with Crippen LogP contribution < -0.4 is 0 Å². The summed E-state index contributed by atoms with van der Waals surface area (Å²) in [6.45, 7) is 1.44. The molecule has 6 heteroatoms. The fourth-order valence-electron chi connectivity index (χ4n) is 2.75. The molecule has 1 aliphatic heterocycles. The van der Waals surface area contributed by atoms with E-state index in [1.165, 1.54) is 0 Å². The molecule has 3 aromatic rings. The van der Waals surface area contributed by atoms with Gasteiger partial charge in [0, 0.05) is 35.5 Å². The summed E-state index contributed by atoms with van der Waals surface area (Å²) in [5.74, 6) is 1.50. The predicted molar refractivity (Wildman–Crippen MR) is 79.4 cm³/mol. The quantitative estimate of drug-likeness (QED) is 0.728. The van der Waals surface area contributed by atoms with E-state index in [1.807, 2.05) is 35.9 Å². The van der Waals surface area contributed by atoms with E-state index in [9.17, 15) is 0 Å². The highest BCUT2D eigenvalue weighted by Crippen LogP contribution is 2.30. The van der Waals surface area contributed by atoms with Crippen molar-refractivity contribution >= 4 is 22.5 Å². The lowest BCUT2D eigenvalue weighted by atomic mass is 10.1. The molecule has 0 unspecified atom stereocenters. The summed E-state index contributed by atoms with van der Waals surface area (Å²) in [6, 6.07) is 7.84. The average Bonchev–Trinajstić information content (AvgIpc) is 3.18. The fraction of sp³-hybridized carbons (Fsp3) is 0.333. The third kappa shape index (κ3) is 2.13. The lowest BCUT2D eigenvalue weighted by Gasteiger charge is -2.00. The van der Waals surface area contributed by atoms with Crippen LogP contribution in [0.4, 0.5) is 0 Å². The maximum Gasteiger partial charge on any atom is 0.274 e. The number of fused-ring (bicyclic) bond motifs is 1. The van der Waals surface area contributed by atoms with Crippen LogP contribution in [-0.4, -0.2) is 27.9 Å². The second-order valence-corrected chi connectivity index (χ2v) is 5.75. The van der Waals surface area contributed by atoms with Gasteiger partial charge in [-0.2, -0.15) is 4.98 Å². The zero-order chi connectivity index (χ0) is 14.4. The highest BCUT2D eigenvalue weighted by molar-refractivity contribution is 6.31. The first-order valence-electron chi connectivity index (χ1n) is 6.89. The van der Waals surface area contributed by atoms with Gasteiger partial charge in [0.2, 0.25) is 0 Å². The van der Waals surface area contributed by atoms with Crippen molar-refractivity contribution in [3.05, 3.63) is 35.1 Å². The van der Waals surface area contributed by atoms with Gasteiger partial charge in [0.1, 0.15) is 5.69 Å². The van der Waals surface area contributed by atoms with Gasteiger partial charge in [-0.3, -0.25) is 0 Å². The zero-order valence-electron chi connectivity index (χ0n) is 11.5. The van der Waals surface area contributed by atoms with Gasteiger partial charge >= 0.3 is 0 Å². The van der Waals surface area contributed by atoms with Gasteiger partial charge in [0.15, 0.2) is 5.82 Å². The molecule has 1 aromatic carbocycles. The minimum absolute atomic E-state index is 0.242. The Bertz CT molecular complexity index is 802. The van der Waals surface area contributed by atoms with E-state index >= 15 is 0 Å². The molecule has 1 atom stereocenters. The van der Waals surface area contributed by atoms with Gasteiger partial charge in [-0.05, 0) is 24.6 Å². The second kappa shape index (κ2) is 4.86. The van der Waals surface area contributed by atoms with Gasteiger partial charge in [0.25, 0.3) is 5.89 Å². The van der Waals surface area contributed by atoms with E-state index in [1.54, 1.807) is 0 Å². The van der Waals surface area contributed by atoms with E-state index in [-0.39, 0.29) is 5.92 Å². The molecule has 0 amide bonds. The fourth-order valence-corrected chi connectivity index (χ4v) is 2.92. The molecule has 1 fully saturated rings. The highest BCUT2D eigenvalue weighted by atomic mass is 35.5. The lowest BCUT2D eigenvalue weighted by molar-refractivity contribution is 0.192. The zero-order valence-corrected chi connectivity index (χ0v) is 12.3. The van der Waals surface area contributed by atoms with E-state index in [0.717, 1.165) is 35.4 Å². The molecule has 2 aromatic heterocycles. The molecule has 0 radical (unpaired) electrons. The summed E-state index contributed by atoms with van der Waals surface area (Å²) >= 11 is 6.06. The molecule has 108 valence electrons. The topological polar surface area (TPSA) is 53.1 Å². The summed E-state index contributed by atoms with van der Waals surface area (Å²) in [7, 11) is 1.97. The molecule has 4 rings (SSSR count). The van der Waals surface area contributed by atoms with Crippen LogP contribution in [-0.2, 0) is 11.8 Å². The molecule has 0 N–H and O–H groups in total. The van der Waals surface area contributed by atoms with Crippen molar-refractivity contribution < 1.29 is 9.26 Å². The van der Waals surface area contributed by atoms with Crippen molar-refractivity contribution in [2.75, 3.05) is 13.2 Å². The summed E-state index contributed by atoms with van der Waals surface area (Å²) in [5, 5.41) is 5.91. The van der Waals surface area contributed by atoms with E-state index in [0.29, 0.717) is 17.5 Å². The number of hydrogen-bond donors (Lipinski definition) is 0. The maximum absolute atomic E-state index is 6.06. The number of ether oxygens (including phenoxy) is 1. The molecular weight excluding hydrogens is 290 g/mol. The molecule has 1 saturated heterocycles. The molecule has 3 heterocycles. The number of benzene rings is 1. The largest absolute Gasteiger partial charge is 0.381 e. The first-order chi connectivity index (χ1) is 10.2. The molecule has 21 heavy (non-hydrogen) atoms. The van der Waals surface area contributed by atoms with Crippen LogP contribution in [0, 0.1) is 0 Å². The monoisotopic (exact) mass is 303 g/mol. The number of rotatable bonds is 2. The average molecular weight is 304 g/mol. The second-order valence-electron chi connectivity index (χ2n) is 5.31. The van der Waals surface area contributed by atoms with Crippen molar-refractivity contribution in [2.24, 2.45) is 7.05 Å². The van der Waals surface area contributed by atoms with Crippen LogP contribution in [0.15, 0.2) is 28.8 Å². The van der Waals surface area contributed by atoms with Crippen molar-refractivity contribution in [2.45, 2.75) is 12.3 Å². The summed E-state index contributed by atoms with van der Waals surface area (Å²) in [6.07, 6.45) is 0.948. The van der Waals surface area contributed by atoms with Gasteiger partial charge in [-0.25, -0.2) is 0 Å². The highest BCUT2D eigenvalue weighted by Gasteiger charge is 2.24. The summed E-state index contributed by atoms with van der Waals surface area (Å²) in [4.78, 5) is 4.53. The van der Waals surface area contributed by atoms with Crippen LogP contribution in [0.25, 0.3) is 22.5 Å². The first-order valence-corrected chi connectivity index (χ1v) is 7.27. The Morgan fingerprint density at radius 1 is 1.33 bits per heavy atom. The van der Waals surface area contributed by atoms with E-state index in [2.05, 4.69) is 10.1 Å². The third-order valence-electron chi connectivity index (χ3n) is 3.96. The maximum atomic E-state index is 6.06. The minimum Gasteiger partial charge on any atom is -0.381 e. The van der Waals surface area contributed by atoms with E-state index < -0.39 is 0 Å².